The van der Waals surface area contributed by atoms with Crippen molar-refractivity contribution < 1.29 is 4.79 Å². The summed E-state index contributed by atoms with van der Waals surface area (Å²) in [4.78, 5) is 11.3. The van der Waals surface area contributed by atoms with Gasteiger partial charge in [-0.15, -0.1) is 6.58 Å². The van der Waals surface area contributed by atoms with Crippen LogP contribution in [0.1, 0.15) is 52.4 Å². The molecule has 0 aromatic carbocycles. The SMILES string of the molecule is C=CCC(=O)C(C)CCCCCC. The first kappa shape index (κ1) is 12.4. The van der Waals surface area contributed by atoms with E-state index in [1.165, 1.54) is 25.7 Å². The first-order valence-corrected chi connectivity index (χ1v) is 5.36. The zero-order valence-corrected chi connectivity index (χ0v) is 9.01. The molecule has 1 nitrogen and oxygen atoms in total. The molecule has 1 atom stereocenters. The van der Waals surface area contributed by atoms with Gasteiger partial charge in [-0.25, -0.2) is 0 Å². The Morgan fingerprint density at radius 3 is 2.62 bits per heavy atom. The number of unbranched alkanes of at least 4 members (excludes halogenated alkanes) is 3. The minimum Gasteiger partial charge on any atom is -0.299 e. The summed E-state index contributed by atoms with van der Waals surface area (Å²) in [5.74, 6) is 0.571. The Morgan fingerprint density at radius 1 is 1.38 bits per heavy atom. The standard InChI is InChI=1S/C12H22O/c1-4-6-7-8-10-11(3)12(13)9-5-2/h5,11H,2,4,6-10H2,1,3H3. The largest absolute Gasteiger partial charge is 0.299 e. The molecule has 0 rings (SSSR count). The van der Waals surface area contributed by atoms with Gasteiger partial charge in [-0.1, -0.05) is 45.6 Å². The molecule has 0 saturated heterocycles. The van der Waals surface area contributed by atoms with Crippen LogP contribution in [0.4, 0.5) is 0 Å². The van der Waals surface area contributed by atoms with Gasteiger partial charge in [0.05, 0.1) is 0 Å². The summed E-state index contributed by atoms with van der Waals surface area (Å²) in [6.07, 6.45) is 8.30. The van der Waals surface area contributed by atoms with Crippen LogP contribution in [0.3, 0.4) is 0 Å². The van der Waals surface area contributed by atoms with E-state index in [-0.39, 0.29) is 5.92 Å². The van der Waals surface area contributed by atoms with Crippen LogP contribution in [-0.4, -0.2) is 5.78 Å². The van der Waals surface area contributed by atoms with Crippen molar-refractivity contribution in [2.75, 3.05) is 0 Å². The van der Waals surface area contributed by atoms with E-state index in [9.17, 15) is 4.79 Å². The van der Waals surface area contributed by atoms with Gasteiger partial charge in [0.25, 0.3) is 0 Å². The van der Waals surface area contributed by atoms with E-state index in [0.717, 1.165) is 6.42 Å². The predicted molar refractivity (Wildman–Crippen MR) is 57.7 cm³/mol. The molecule has 0 aliphatic heterocycles. The van der Waals surface area contributed by atoms with Crippen molar-refractivity contribution in [2.24, 2.45) is 5.92 Å². The maximum atomic E-state index is 11.3. The number of carbonyl (C=O) groups is 1. The number of Topliss-reactive ketones (excluding diaryl/α,β-unsaturated/α-hetero) is 1. The number of rotatable bonds is 8. The molecule has 1 heteroatoms. The van der Waals surface area contributed by atoms with E-state index in [1.54, 1.807) is 6.08 Å². The van der Waals surface area contributed by atoms with Crippen LogP contribution < -0.4 is 0 Å². The predicted octanol–water partition coefficient (Wildman–Crippen LogP) is 3.74. The van der Waals surface area contributed by atoms with Crippen molar-refractivity contribution in [2.45, 2.75) is 52.4 Å². The van der Waals surface area contributed by atoms with Crippen LogP contribution in [-0.2, 0) is 4.79 Å². The number of hydrogen-bond donors (Lipinski definition) is 0. The zero-order chi connectivity index (χ0) is 10.1. The summed E-state index contributed by atoms with van der Waals surface area (Å²) in [5.41, 5.74) is 0. The number of ketones is 1. The summed E-state index contributed by atoms with van der Waals surface area (Å²) < 4.78 is 0. The van der Waals surface area contributed by atoms with Crippen LogP contribution in [0.25, 0.3) is 0 Å². The summed E-state index contributed by atoms with van der Waals surface area (Å²) >= 11 is 0. The molecule has 76 valence electrons. The molecule has 0 N–H and O–H groups in total. The summed E-state index contributed by atoms with van der Waals surface area (Å²) in [7, 11) is 0. The molecule has 0 spiro atoms. The van der Waals surface area contributed by atoms with Crippen molar-refractivity contribution in [1.82, 2.24) is 0 Å². The molecular formula is C12H22O. The van der Waals surface area contributed by atoms with Crippen LogP contribution in [0.15, 0.2) is 12.7 Å². The van der Waals surface area contributed by atoms with Gasteiger partial charge >= 0.3 is 0 Å². The first-order valence-electron chi connectivity index (χ1n) is 5.36. The van der Waals surface area contributed by atoms with Crippen molar-refractivity contribution in [3.63, 3.8) is 0 Å². The van der Waals surface area contributed by atoms with Crippen molar-refractivity contribution >= 4 is 5.78 Å². The Hall–Kier alpha value is -0.590. The fourth-order valence-electron chi connectivity index (χ4n) is 1.38. The second kappa shape index (κ2) is 8.03. The highest BCUT2D eigenvalue weighted by Crippen LogP contribution is 2.12. The van der Waals surface area contributed by atoms with Crippen LogP contribution in [0, 0.1) is 5.92 Å². The van der Waals surface area contributed by atoms with E-state index in [2.05, 4.69) is 13.5 Å². The van der Waals surface area contributed by atoms with Gasteiger partial charge in [-0.2, -0.15) is 0 Å². The Balaban J connectivity index is 3.43. The molecule has 0 aliphatic rings. The third-order valence-corrected chi connectivity index (χ3v) is 2.39. The third-order valence-electron chi connectivity index (χ3n) is 2.39. The molecule has 0 radical (unpaired) electrons. The smallest absolute Gasteiger partial charge is 0.139 e. The van der Waals surface area contributed by atoms with Crippen molar-refractivity contribution in [3.05, 3.63) is 12.7 Å². The lowest BCUT2D eigenvalue weighted by molar-refractivity contribution is -0.121. The van der Waals surface area contributed by atoms with Gasteiger partial charge in [0.1, 0.15) is 5.78 Å². The normalized spacial score (nSPS) is 12.5. The highest BCUT2D eigenvalue weighted by atomic mass is 16.1. The number of allylic oxidation sites excluding steroid dienone is 1. The maximum absolute atomic E-state index is 11.3. The number of hydrogen-bond acceptors (Lipinski definition) is 1. The molecule has 0 aromatic heterocycles. The molecule has 0 heterocycles. The lowest BCUT2D eigenvalue weighted by atomic mass is 9.97. The number of carbonyl (C=O) groups excluding carboxylic acids is 1. The average Bonchev–Trinajstić information content (AvgIpc) is 2.12. The molecule has 0 saturated carbocycles. The van der Waals surface area contributed by atoms with Gasteiger partial charge in [-0.3, -0.25) is 4.79 Å². The summed E-state index contributed by atoms with van der Waals surface area (Å²) in [6, 6.07) is 0. The Morgan fingerprint density at radius 2 is 2.08 bits per heavy atom. The summed E-state index contributed by atoms with van der Waals surface area (Å²) in [5, 5.41) is 0. The van der Waals surface area contributed by atoms with Gasteiger partial charge in [0.15, 0.2) is 0 Å². The maximum Gasteiger partial charge on any atom is 0.139 e. The van der Waals surface area contributed by atoms with Crippen molar-refractivity contribution in [3.8, 4) is 0 Å². The molecule has 0 aromatic rings. The minimum absolute atomic E-state index is 0.231. The van der Waals surface area contributed by atoms with Gasteiger partial charge in [0.2, 0.25) is 0 Å². The fraction of sp³-hybridized carbons (Fsp3) is 0.750. The van der Waals surface area contributed by atoms with Gasteiger partial charge < -0.3 is 0 Å². The fourth-order valence-corrected chi connectivity index (χ4v) is 1.38. The molecule has 0 aliphatic carbocycles. The second-order valence-corrected chi connectivity index (χ2v) is 3.71. The lowest BCUT2D eigenvalue weighted by Gasteiger charge is -2.07. The van der Waals surface area contributed by atoms with Crippen LogP contribution in [0.2, 0.25) is 0 Å². The average molecular weight is 182 g/mol. The lowest BCUT2D eigenvalue weighted by Crippen LogP contribution is -2.09. The Labute approximate surface area is 82.2 Å². The Bertz CT molecular complexity index is 149. The molecular weight excluding hydrogens is 160 g/mol. The minimum atomic E-state index is 0.231. The molecule has 0 amide bonds. The second-order valence-electron chi connectivity index (χ2n) is 3.71. The van der Waals surface area contributed by atoms with Gasteiger partial charge in [0, 0.05) is 12.3 Å². The zero-order valence-electron chi connectivity index (χ0n) is 9.01. The quantitative estimate of drug-likeness (QED) is 0.413. The highest BCUT2D eigenvalue weighted by Gasteiger charge is 2.09. The molecule has 0 fully saturated rings. The van der Waals surface area contributed by atoms with Crippen molar-refractivity contribution in [1.29, 1.82) is 0 Å². The molecule has 0 bridgehead atoms. The van der Waals surface area contributed by atoms with E-state index in [4.69, 9.17) is 0 Å². The van der Waals surface area contributed by atoms with E-state index < -0.39 is 0 Å². The van der Waals surface area contributed by atoms with E-state index in [0.29, 0.717) is 12.2 Å². The van der Waals surface area contributed by atoms with E-state index >= 15 is 0 Å². The van der Waals surface area contributed by atoms with E-state index in [1.807, 2.05) is 6.92 Å². The summed E-state index contributed by atoms with van der Waals surface area (Å²) in [6.45, 7) is 7.80. The molecule has 1 unspecified atom stereocenters. The molecule has 13 heavy (non-hydrogen) atoms. The Kier molecular flexibility index (Phi) is 7.66. The monoisotopic (exact) mass is 182 g/mol. The van der Waals surface area contributed by atoms with Crippen LogP contribution >= 0.6 is 0 Å². The highest BCUT2D eigenvalue weighted by molar-refractivity contribution is 5.81. The van der Waals surface area contributed by atoms with Crippen LogP contribution in [0.5, 0.6) is 0 Å². The topological polar surface area (TPSA) is 17.1 Å². The van der Waals surface area contributed by atoms with Gasteiger partial charge in [-0.05, 0) is 6.42 Å². The first-order chi connectivity index (χ1) is 6.22. The third kappa shape index (κ3) is 6.56.